The largest absolute Gasteiger partial charge is 0.354 e. The minimum absolute atomic E-state index is 0.0597. The molecule has 1 saturated carbocycles. The van der Waals surface area contributed by atoms with Gasteiger partial charge in [0.2, 0.25) is 21.8 Å². The summed E-state index contributed by atoms with van der Waals surface area (Å²) in [7, 11) is -3.55. The molecule has 1 saturated heterocycles. The number of nitrogens with zero attached hydrogens (tertiary/aromatic N) is 1. The zero-order valence-electron chi connectivity index (χ0n) is 18.7. The molecule has 2 aliphatic rings. The number of nitrogens with one attached hydrogen (secondary N) is 2. The van der Waals surface area contributed by atoms with Crippen LogP contribution in [0.3, 0.4) is 0 Å². The molecule has 0 atom stereocenters. The average Bonchev–Trinajstić information content (AvgIpc) is 2.77. The number of hydrogen-bond donors (Lipinski definition) is 2. The first-order chi connectivity index (χ1) is 14.8. The molecule has 2 amide bonds. The van der Waals surface area contributed by atoms with E-state index in [1.54, 1.807) is 6.07 Å². The second-order valence-corrected chi connectivity index (χ2v) is 10.8. The lowest BCUT2D eigenvalue weighted by atomic mass is 9.89. The number of carbonyl (C=O) groups is 2. The summed E-state index contributed by atoms with van der Waals surface area (Å²) in [5.74, 6) is -0.0400. The highest BCUT2D eigenvalue weighted by molar-refractivity contribution is 7.89. The van der Waals surface area contributed by atoms with Gasteiger partial charge in [0.05, 0.1) is 4.90 Å². The number of rotatable bonds is 7. The normalized spacial score (nSPS) is 19.2. The Hall–Kier alpha value is -1.93. The molecule has 1 aromatic rings. The summed E-state index contributed by atoms with van der Waals surface area (Å²) in [4.78, 5) is 25.0. The molecule has 1 aromatic carbocycles. The molecular weight excluding hydrogens is 414 g/mol. The van der Waals surface area contributed by atoms with Crippen molar-refractivity contribution >= 4 is 21.8 Å². The third-order valence-corrected chi connectivity index (χ3v) is 8.53. The zero-order valence-corrected chi connectivity index (χ0v) is 19.5. The molecule has 31 heavy (non-hydrogen) atoms. The maximum atomic E-state index is 13.0. The summed E-state index contributed by atoms with van der Waals surface area (Å²) in [6, 6.07) is 5.35. The highest BCUT2D eigenvalue weighted by Gasteiger charge is 2.32. The van der Waals surface area contributed by atoms with Gasteiger partial charge in [-0.05, 0) is 51.2 Å². The SMILES string of the molecule is Cc1ccc(S(=O)(=O)N2CCC(C(=O)NCCNC(=O)C3CCCCC3)CC2)c(C)c1. The standard InChI is InChI=1S/C23H35N3O4S/c1-17-8-9-21(18(2)16-17)31(29,30)26-14-10-20(11-15-26)23(28)25-13-12-24-22(27)19-6-4-3-5-7-19/h8-9,16,19-20H,3-7,10-15H2,1-2H3,(H,24,27)(H,25,28). The van der Waals surface area contributed by atoms with E-state index in [4.69, 9.17) is 0 Å². The third kappa shape index (κ3) is 6.07. The van der Waals surface area contributed by atoms with E-state index >= 15 is 0 Å². The molecule has 172 valence electrons. The monoisotopic (exact) mass is 449 g/mol. The number of benzene rings is 1. The summed E-state index contributed by atoms with van der Waals surface area (Å²) < 4.78 is 27.5. The summed E-state index contributed by atoms with van der Waals surface area (Å²) in [5.41, 5.74) is 1.77. The van der Waals surface area contributed by atoms with Gasteiger partial charge in [-0.15, -0.1) is 0 Å². The summed E-state index contributed by atoms with van der Waals surface area (Å²) in [6.07, 6.45) is 6.38. The van der Waals surface area contributed by atoms with Crippen molar-refractivity contribution < 1.29 is 18.0 Å². The van der Waals surface area contributed by atoms with Crippen molar-refractivity contribution in [3.63, 3.8) is 0 Å². The predicted octanol–water partition coefficient (Wildman–Crippen LogP) is 2.52. The molecule has 7 nitrogen and oxygen atoms in total. The Morgan fingerprint density at radius 2 is 1.45 bits per heavy atom. The lowest BCUT2D eigenvalue weighted by Gasteiger charge is -2.31. The fourth-order valence-corrected chi connectivity index (χ4v) is 6.29. The zero-order chi connectivity index (χ0) is 22.4. The number of aryl methyl sites for hydroxylation is 2. The second kappa shape index (κ2) is 10.6. The Kier molecular flexibility index (Phi) is 8.11. The molecule has 2 fully saturated rings. The fourth-order valence-electron chi connectivity index (χ4n) is 4.61. The van der Waals surface area contributed by atoms with Crippen LogP contribution in [0.1, 0.15) is 56.1 Å². The van der Waals surface area contributed by atoms with E-state index in [2.05, 4.69) is 10.6 Å². The van der Waals surface area contributed by atoms with Crippen molar-refractivity contribution in [2.24, 2.45) is 11.8 Å². The van der Waals surface area contributed by atoms with Crippen LogP contribution in [0.25, 0.3) is 0 Å². The Labute approximate surface area is 186 Å². The molecule has 0 bridgehead atoms. The molecule has 0 radical (unpaired) electrons. The molecule has 0 unspecified atom stereocenters. The fraction of sp³-hybridized carbons (Fsp3) is 0.652. The van der Waals surface area contributed by atoms with Gasteiger partial charge < -0.3 is 10.6 Å². The highest BCUT2D eigenvalue weighted by Crippen LogP contribution is 2.26. The van der Waals surface area contributed by atoms with Gasteiger partial charge in [-0.2, -0.15) is 4.31 Å². The van der Waals surface area contributed by atoms with Crippen LogP contribution in [-0.4, -0.2) is 50.7 Å². The molecule has 1 heterocycles. The van der Waals surface area contributed by atoms with Gasteiger partial charge in [-0.25, -0.2) is 8.42 Å². The van der Waals surface area contributed by atoms with Gasteiger partial charge in [0, 0.05) is 38.0 Å². The first kappa shape index (κ1) is 23.7. The quantitative estimate of drug-likeness (QED) is 0.625. The molecular formula is C23H35N3O4S. The van der Waals surface area contributed by atoms with Crippen LogP contribution >= 0.6 is 0 Å². The Balaban J connectivity index is 1.41. The average molecular weight is 450 g/mol. The second-order valence-electron chi connectivity index (χ2n) is 8.86. The Morgan fingerprint density at radius 3 is 2.00 bits per heavy atom. The van der Waals surface area contributed by atoms with Gasteiger partial charge in [-0.3, -0.25) is 9.59 Å². The Bertz CT molecular complexity index is 886. The lowest BCUT2D eigenvalue weighted by molar-refractivity contribution is -0.127. The van der Waals surface area contributed by atoms with Gasteiger partial charge >= 0.3 is 0 Å². The lowest BCUT2D eigenvalue weighted by Crippen LogP contribution is -2.44. The van der Waals surface area contributed by atoms with Crippen molar-refractivity contribution in [2.45, 2.75) is 63.7 Å². The van der Waals surface area contributed by atoms with E-state index in [0.29, 0.717) is 43.9 Å². The molecule has 1 aliphatic carbocycles. The van der Waals surface area contributed by atoms with Crippen LogP contribution in [0.15, 0.2) is 23.1 Å². The summed E-state index contributed by atoms with van der Waals surface area (Å²) in [6.45, 7) is 5.26. The van der Waals surface area contributed by atoms with Crippen LogP contribution in [0.4, 0.5) is 0 Å². The van der Waals surface area contributed by atoms with Crippen molar-refractivity contribution in [3.8, 4) is 0 Å². The number of piperidine rings is 1. The van der Waals surface area contributed by atoms with Gasteiger partial charge in [-0.1, -0.05) is 37.0 Å². The smallest absolute Gasteiger partial charge is 0.243 e. The topological polar surface area (TPSA) is 95.6 Å². The van der Waals surface area contributed by atoms with Crippen LogP contribution in [0, 0.1) is 25.7 Å². The van der Waals surface area contributed by atoms with Crippen LogP contribution < -0.4 is 10.6 Å². The molecule has 2 N–H and O–H groups in total. The molecule has 3 rings (SSSR count). The summed E-state index contributed by atoms with van der Waals surface area (Å²) in [5, 5.41) is 5.81. The van der Waals surface area contributed by atoms with E-state index in [0.717, 1.165) is 36.8 Å². The highest BCUT2D eigenvalue weighted by atomic mass is 32.2. The van der Waals surface area contributed by atoms with Gasteiger partial charge in [0.15, 0.2) is 0 Å². The number of hydrogen-bond acceptors (Lipinski definition) is 4. The van der Waals surface area contributed by atoms with E-state index in [9.17, 15) is 18.0 Å². The third-order valence-electron chi connectivity index (χ3n) is 6.47. The Morgan fingerprint density at radius 1 is 0.903 bits per heavy atom. The van der Waals surface area contributed by atoms with E-state index < -0.39 is 10.0 Å². The minimum atomic E-state index is -3.55. The maximum absolute atomic E-state index is 13.0. The predicted molar refractivity (Wildman–Crippen MR) is 120 cm³/mol. The van der Waals surface area contributed by atoms with Crippen molar-refractivity contribution in [2.75, 3.05) is 26.2 Å². The molecule has 1 aliphatic heterocycles. The number of sulfonamides is 1. The summed E-state index contributed by atoms with van der Waals surface area (Å²) >= 11 is 0. The maximum Gasteiger partial charge on any atom is 0.243 e. The first-order valence-corrected chi connectivity index (χ1v) is 12.9. The van der Waals surface area contributed by atoms with E-state index in [1.807, 2.05) is 26.0 Å². The van der Waals surface area contributed by atoms with Crippen LogP contribution in [-0.2, 0) is 19.6 Å². The minimum Gasteiger partial charge on any atom is -0.354 e. The number of amides is 2. The van der Waals surface area contributed by atoms with Crippen molar-refractivity contribution in [1.29, 1.82) is 0 Å². The van der Waals surface area contributed by atoms with Crippen molar-refractivity contribution in [3.05, 3.63) is 29.3 Å². The van der Waals surface area contributed by atoms with Gasteiger partial charge in [0.25, 0.3) is 0 Å². The van der Waals surface area contributed by atoms with E-state index in [1.165, 1.54) is 10.7 Å². The van der Waals surface area contributed by atoms with Crippen LogP contribution in [0.2, 0.25) is 0 Å². The molecule has 0 aromatic heterocycles. The van der Waals surface area contributed by atoms with Crippen LogP contribution in [0.5, 0.6) is 0 Å². The van der Waals surface area contributed by atoms with E-state index in [-0.39, 0.29) is 23.7 Å². The molecule has 8 heteroatoms. The van der Waals surface area contributed by atoms with Crippen molar-refractivity contribution in [1.82, 2.24) is 14.9 Å². The first-order valence-electron chi connectivity index (χ1n) is 11.4. The van der Waals surface area contributed by atoms with Gasteiger partial charge in [0.1, 0.15) is 0 Å². The molecule has 0 spiro atoms. The number of carbonyl (C=O) groups excluding carboxylic acids is 2.